The fraction of sp³-hybridized carbons (Fsp3) is 0.125. The van der Waals surface area contributed by atoms with Gasteiger partial charge in [-0.25, -0.2) is 4.39 Å². The van der Waals surface area contributed by atoms with E-state index in [2.05, 4.69) is 21.5 Å². The third-order valence-corrected chi connectivity index (χ3v) is 5.28. The van der Waals surface area contributed by atoms with E-state index in [1.54, 1.807) is 43.8 Å². The van der Waals surface area contributed by atoms with Crippen molar-refractivity contribution >= 4 is 28.5 Å². The van der Waals surface area contributed by atoms with E-state index in [9.17, 15) is 9.18 Å². The summed E-state index contributed by atoms with van der Waals surface area (Å²) in [6.45, 7) is 4.09. The van der Waals surface area contributed by atoms with Gasteiger partial charge in [0.1, 0.15) is 18.2 Å². The maximum absolute atomic E-state index is 14.9. The molecule has 0 aliphatic heterocycles. The molecular formula is C24H20ClFN4O2. The summed E-state index contributed by atoms with van der Waals surface area (Å²) in [5.41, 5.74) is 3.59. The minimum absolute atomic E-state index is 0.194. The second-order valence-electron chi connectivity index (χ2n) is 7.08. The molecule has 1 N–H and O–H groups in total. The fourth-order valence-corrected chi connectivity index (χ4v) is 3.61. The van der Waals surface area contributed by atoms with Crippen molar-refractivity contribution in [1.82, 2.24) is 19.9 Å². The fourth-order valence-electron chi connectivity index (χ4n) is 3.43. The lowest BCUT2D eigenvalue weighted by atomic mass is 10.00. The number of rotatable bonds is 7. The van der Waals surface area contributed by atoms with Gasteiger partial charge in [-0.05, 0) is 42.5 Å². The topological polar surface area (TPSA) is 71.1 Å². The van der Waals surface area contributed by atoms with Crippen LogP contribution < -0.4 is 4.74 Å². The van der Waals surface area contributed by atoms with Crippen LogP contribution in [0.3, 0.4) is 0 Å². The Morgan fingerprint density at radius 2 is 2.12 bits per heavy atom. The van der Waals surface area contributed by atoms with Crippen LogP contribution in [0.25, 0.3) is 33.4 Å². The number of halogens is 2. The molecule has 0 saturated heterocycles. The van der Waals surface area contributed by atoms with Crippen LogP contribution in [0.5, 0.6) is 5.75 Å². The Morgan fingerprint density at radius 1 is 1.28 bits per heavy atom. The molecule has 8 heteroatoms. The predicted molar refractivity (Wildman–Crippen MR) is 123 cm³/mol. The Morgan fingerprint density at radius 3 is 2.94 bits per heavy atom. The minimum Gasteiger partial charge on any atom is -0.489 e. The summed E-state index contributed by atoms with van der Waals surface area (Å²) in [4.78, 5) is 25.2. The van der Waals surface area contributed by atoms with Gasteiger partial charge < -0.3 is 14.6 Å². The first-order valence-corrected chi connectivity index (χ1v) is 10.2. The number of H-pyrrole nitrogens is 1. The van der Waals surface area contributed by atoms with Crippen molar-refractivity contribution in [1.29, 1.82) is 0 Å². The normalized spacial score (nSPS) is 10.8. The standard InChI is InChI=1S/C24H20ClFN4O2/c1-3-21(31)30(2)11-12-32-20-14-27-10-8-16(20)23-22(17-13-15(25)6-7-18(17)26)24-19(29-23)5-4-9-28-24/h3-10,13-14,29H,1,11-12H2,2H3. The molecule has 6 nitrogen and oxygen atoms in total. The number of amides is 1. The van der Waals surface area contributed by atoms with E-state index < -0.39 is 5.82 Å². The SMILES string of the molecule is C=CC(=O)N(C)CCOc1cnccc1-c1[nH]c2cccnc2c1-c1cc(Cl)ccc1F. The van der Waals surface area contributed by atoms with Crippen LogP contribution in [0.2, 0.25) is 5.02 Å². The van der Waals surface area contributed by atoms with Gasteiger partial charge in [0.05, 0.1) is 29.5 Å². The molecule has 0 unspecified atom stereocenters. The molecule has 1 aromatic carbocycles. The van der Waals surface area contributed by atoms with E-state index in [-0.39, 0.29) is 12.5 Å². The van der Waals surface area contributed by atoms with Crippen LogP contribution in [0.15, 0.2) is 67.6 Å². The third kappa shape index (κ3) is 4.20. The Balaban J connectivity index is 1.79. The molecule has 4 rings (SSSR count). The van der Waals surface area contributed by atoms with Crippen molar-refractivity contribution in [3.63, 3.8) is 0 Å². The lowest BCUT2D eigenvalue weighted by molar-refractivity contribution is -0.125. The summed E-state index contributed by atoms with van der Waals surface area (Å²) in [5, 5.41) is 0.416. The summed E-state index contributed by atoms with van der Waals surface area (Å²) in [7, 11) is 1.67. The highest BCUT2D eigenvalue weighted by Gasteiger charge is 2.21. The summed E-state index contributed by atoms with van der Waals surface area (Å²) < 4.78 is 20.8. The van der Waals surface area contributed by atoms with Crippen LogP contribution in [0.4, 0.5) is 4.39 Å². The molecule has 162 valence electrons. The highest BCUT2D eigenvalue weighted by molar-refractivity contribution is 6.31. The molecular weight excluding hydrogens is 431 g/mol. The Kier molecular flexibility index (Phi) is 6.18. The van der Waals surface area contributed by atoms with Crippen molar-refractivity contribution in [3.05, 3.63) is 78.5 Å². The van der Waals surface area contributed by atoms with Gasteiger partial charge in [0, 0.05) is 41.2 Å². The minimum atomic E-state index is -0.414. The summed E-state index contributed by atoms with van der Waals surface area (Å²) in [6.07, 6.45) is 6.12. The molecule has 3 heterocycles. The summed E-state index contributed by atoms with van der Waals surface area (Å²) in [5.74, 6) is -0.120. The van der Waals surface area contributed by atoms with Crippen molar-refractivity contribution < 1.29 is 13.9 Å². The molecule has 0 saturated carbocycles. The average Bonchev–Trinajstić information content (AvgIpc) is 3.19. The lowest BCUT2D eigenvalue weighted by Gasteiger charge is -2.17. The Labute approximate surface area is 189 Å². The molecule has 32 heavy (non-hydrogen) atoms. The number of pyridine rings is 2. The zero-order chi connectivity index (χ0) is 22.7. The number of hydrogen-bond donors (Lipinski definition) is 1. The molecule has 0 aliphatic rings. The number of carbonyl (C=O) groups is 1. The van der Waals surface area contributed by atoms with E-state index in [4.69, 9.17) is 16.3 Å². The van der Waals surface area contributed by atoms with Gasteiger partial charge in [-0.1, -0.05) is 18.2 Å². The number of aromatic nitrogens is 3. The van der Waals surface area contributed by atoms with E-state index in [0.29, 0.717) is 45.2 Å². The van der Waals surface area contributed by atoms with Crippen LogP contribution in [-0.2, 0) is 4.79 Å². The van der Waals surface area contributed by atoms with Gasteiger partial charge in [-0.2, -0.15) is 0 Å². The van der Waals surface area contributed by atoms with Crippen molar-refractivity contribution in [3.8, 4) is 28.1 Å². The first-order valence-electron chi connectivity index (χ1n) is 9.86. The summed E-state index contributed by atoms with van der Waals surface area (Å²) >= 11 is 6.18. The molecule has 0 fully saturated rings. The number of nitrogens with one attached hydrogen (secondary N) is 1. The van der Waals surface area contributed by atoms with Gasteiger partial charge in [-0.15, -0.1) is 0 Å². The first kappa shape index (κ1) is 21.5. The van der Waals surface area contributed by atoms with Crippen LogP contribution in [0, 0.1) is 5.82 Å². The van der Waals surface area contributed by atoms with Gasteiger partial charge in [0.15, 0.2) is 0 Å². The number of aromatic amines is 1. The second-order valence-corrected chi connectivity index (χ2v) is 7.52. The van der Waals surface area contributed by atoms with Crippen LogP contribution >= 0.6 is 11.6 Å². The maximum Gasteiger partial charge on any atom is 0.245 e. The Bertz CT molecular complexity index is 1300. The van der Waals surface area contributed by atoms with Gasteiger partial charge in [-0.3, -0.25) is 14.8 Å². The number of benzene rings is 1. The number of nitrogens with zero attached hydrogens (tertiary/aromatic N) is 3. The molecule has 0 spiro atoms. The molecule has 4 aromatic rings. The monoisotopic (exact) mass is 450 g/mol. The predicted octanol–water partition coefficient (Wildman–Crippen LogP) is 5.11. The lowest BCUT2D eigenvalue weighted by Crippen LogP contribution is -2.29. The van der Waals surface area contributed by atoms with E-state index in [0.717, 1.165) is 5.52 Å². The van der Waals surface area contributed by atoms with Crippen LogP contribution in [-0.4, -0.2) is 46.0 Å². The zero-order valence-corrected chi connectivity index (χ0v) is 18.1. The van der Waals surface area contributed by atoms with Gasteiger partial charge in [0.2, 0.25) is 5.91 Å². The van der Waals surface area contributed by atoms with Gasteiger partial charge in [0.25, 0.3) is 0 Å². The highest BCUT2D eigenvalue weighted by atomic mass is 35.5. The average molecular weight is 451 g/mol. The number of ether oxygens (including phenoxy) is 1. The maximum atomic E-state index is 14.9. The highest BCUT2D eigenvalue weighted by Crippen LogP contribution is 2.42. The Hall–Kier alpha value is -3.71. The molecule has 0 radical (unpaired) electrons. The van der Waals surface area contributed by atoms with Crippen LogP contribution in [0.1, 0.15) is 0 Å². The molecule has 0 aliphatic carbocycles. The van der Waals surface area contributed by atoms with E-state index in [1.807, 2.05) is 6.07 Å². The number of likely N-dealkylation sites (N-methyl/N-ethyl adjacent to an activating group) is 1. The van der Waals surface area contributed by atoms with Gasteiger partial charge >= 0.3 is 0 Å². The largest absolute Gasteiger partial charge is 0.489 e. The van der Waals surface area contributed by atoms with E-state index in [1.165, 1.54) is 23.1 Å². The summed E-state index contributed by atoms with van der Waals surface area (Å²) in [6, 6.07) is 9.87. The number of fused-ring (bicyclic) bond motifs is 1. The molecule has 1 amide bonds. The van der Waals surface area contributed by atoms with E-state index >= 15 is 0 Å². The number of carbonyl (C=O) groups excluding carboxylic acids is 1. The zero-order valence-electron chi connectivity index (χ0n) is 17.3. The van der Waals surface area contributed by atoms with Crippen molar-refractivity contribution in [2.45, 2.75) is 0 Å². The quantitative estimate of drug-likeness (QED) is 0.397. The van der Waals surface area contributed by atoms with Crippen molar-refractivity contribution in [2.75, 3.05) is 20.2 Å². The molecule has 0 atom stereocenters. The molecule has 3 aromatic heterocycles. The van der Waals surface area contributed by atoms with Crippen molar-refractivity contribution in [2.24, 2.45) is 0 Å². The molecule has 0 bridgehead atoms. The smallest absolute Gasteiger partial charge is 0.245 e. The first-order chi connectivity index (χ1) is 15.5. The second kappa shape index (κ2) is 9.20. The third-order valence-electron chi connectivity index (χ3n) is 5.04. The number of hydrogen-bond acceptors (Lipinski definition) is 4.